The molecule has 238 valence electrons. The first-order chi connectivity index (χ1) is 22.0. The minimum absolute atomic E-state index is 0.00179. The summed E-state index contributed by atoms with van der Waals surface area (Å²) < 4.78 is 18.2. The van der Waals surface area contributed by atoms with Crippen LogP contribution >= 0.6 is 23.2 Å². The van der Waals surface area contributed by atoms with Gasteiger partial charge in [0.05, 0.1) is 22.2 Å². The van der Waals surface area contributed by atoms with Crippen molar-refractivity contribution in [1.29, 1.82) is 0 Å². The molecular weight excluding hydrogens is 628 g/mol. The molecule has 3 N–H and O–H groups in total. The maximum atomic E-state index is 16.3. The number of hydrogen-bond donors (Lipinski definition) is 3. The Morgan fingerprint density at radius 3 is 2.72 bits per heavy atom. The lowest BCUT2D eigenvalue weighted by molar-refractivity contribution is -0.128. The fourth-order valence-corrected chi connectivity index (χ4v) is 8.62. The van der Waals surface area contributed by atoms with Gasteiger partial charge in [0.2, 0.25) is 5.91 Å². The molecule has 2 amide bonds. The van der Waals surface area contributed by atoms with Crippen molar-refractivity contribution in [2.45, 2.75) is 68.7 Å². The molecule has 46 heavy (non-hydrogen) atoms. The van der Waals surface area contributed by atoms with Gasteiger partial charge in [-0.15, -0.1) is 0 Å². The second-order valence-electron chi connectivity index (χ2n) is 13.9. The van der Waals surface area contributed by atoms with E-state index in [0.717, 1.165) is 35.9 Å². The average Bonchev–Trinajstić information content (AvgIpc) is 3.67. The zero-order chi connectivity index (χ0) is 32.1. The Morgan fingerprint density at radius 1 is 1.17 bits per heavy atom. The lowest BCUT2D eigenvalue weighted by Crippen LogP contribution is -2.54. The predicted molar refractivity (Wildman–Crippen MR) is 175 cm³/mol. The number of anilines is 1. The van der Waals surface area contributed by atoms with Gasteiger partial charge in [0.15, 0.2) is 0 Å². The highest BCUT2D eigenvalue weighted by molar-refractivity contribution is 6.31. The third-order valence-electron chi connectivity index (χ3n) is 10.5. The highest BCUT2D eigenvalue weighted by atomic mass is 35.5. The van der Waals surface area contributed by atoms with Crippen LogP contribution in [0.15, 0.2) is 54.6 Å². The molecule has 1 spiro atoms. The highest BCUT2D eigenvalue weighted by Gasteiger charge is 2.69. The molecule has 3 aromatic carbocycles. The number of aliphatic hydroxyl groups is 1. The fraction of sp³-hybridized carbons (Fsp3) is 0.400. The number of halogens is 3. The summed E-state index contributed by atoms with van der Waals surface area (Å²) in [4.78, 5) is 29.9. The minimum atomic E-state index is -1.21. The van der Waals surface area contributed by atoms with Gasteiger partial charge in [-0.05, 0) is 68.5 Å². The average molecular weight is 663 g/mol. The third kappa shape index (κ3) is 4.35. The summed E-state index contributed by atoms with van der Waals surface area (Å²) >= 11 is 12.8. The van der Waals surface area contributed by atoms with E-state index in [4.69, 9.17) is 28.3 Å². The molecule has 8 rings (SSSR count). The molecule has 4 heterocycles. The molecule has 1 saturated heterocycles. The van der Waals surface area contributed by atoms with E-state index >= 15 is 4.39 Å². The molecule has 4 aromatic rings. The molecule has 1 aliphatic carbocycles. The molecule has 1 saturated carbocycles. The number of carbonyl (C=O) groups excluding carboxylic acids is 2. The molecular formula is C35H34Cl2FN5O3. The smallest absolute Gasteiger partial charge is 0.251 e. The topological polar surface area (TPSA) is 99.5 Å². The predicted octanol–water partition coefficient (Wildman–Crippen LogP) is 6.20. The van der Waals surface area contributed by atoms with Crippen LogP contribution in [-0.4, -0.2) is 56.3 Å². The van der Waals surface area contributed by atoms with E-state index in [2.05, 4.69) is 15.5 Å². The Balaban J connectivity index is 1.31. The largest absolute Gasteiger partial charge is 0.389 e. The van der Waals surface area contributed by atoms with Crippen LogP contribution in [0.5, 0.6) is 0 Å². The van der Waals surface area contributed by atoms with E-state index in [1.807, 2.05) is 16.8 Å². The second-order valence-corrected chi connectivity index (χ2v) is 14.7. The van der Waals surface area contributed by atoms with Gasteiger partial charge >= 0.3 is 0 Å². The number of hydrogen-bond acceptors (Lipinski definition) is 5. The normalized spacial score (nSPS) is 25.4. The highest BCUT2D eigenvalue weighted by Crippen LogP contribution is 2.64. The van der Waals surface area contributed by atoms with Crippen molar-refractivity contribution in [3.8, 4) is 0 Å². The van der Waals surface area contributed by atoms with Crippen molar-refractivity contribution in [2.75, 3.05) is 18.4 Å². The Labute approximate surface area is 275 Å². The summed E-state index contributed by atoms with van der Waals surface area (Å²) in [5, 5.41) is 22.5. The number of nitrogens with one attached hydrogen (secondary N) is 2. The van der Waals surface area contributed by atoms with Gasteiger partial charge < -0.3 is 15.7 Å². The van der Waals surface area contributed by atoms with E-state index in [-0.39, 0.29) is 29.4 Å². The number of benzene rings is 3. The van der Waals surface area contributed by atoms with Crippen molar-refractivity contribution in [2.24, 2.45) is 5.92 Å². The number of amides is 2. The molecule has 0 unspecified atom stereocenters. The Bertz CT molecular complexity index is 1940. The van der Waals surface area contributed by atoms with Crippen LogP contribution < -0.4 is 10.6 Å². The molecule has 4 atom stereocenters. The Morgan fingerprint density at radius 2 is 1.98 bits per heavy atom. The van der Waals surface area contributed by atoms with Crippen LogP contribution in [0.1, 0.15) is 72.2 Å². The van der Waals surface area contributed by atoms with Crippen molar-refractivity contribution < 1.29 is 19.1 Å². The number of likely N-dealkylation sites (tertiary alicyclic amines) is 1. The van der Waals surface area contributed by atoms with Gasteiger partial charge in [-0.2, -0.15) is 5.10 Å². The molecule has 0 radical (unpaired) electrons. The number of rotatable bonds is 6. The van der Waals surface area contributed by atoms with Gasteiger partial charge in [0.25, 0.3) is 5.91 Å². The quantitative estimate of drug-likeness (QED) is 0.229. The van der Waals surface area contributed by atoms with E-state index in [0.29, 0.717) is 46.2 Å². The van der Waals surface area contributed by atoms with Crippen molar-refractivity contribution >= 4 is 51.6 Å². The maximum Gasteiger partial charge on any atom is 0.251 e. The van der Waals surface area contributed by atoms with Gasteiger partial charge in [0, 0.05) is 64.4 Å². The number of carbonyl (C=O) groups is 2. The third-order valence-corrected chi connectivity index (χ3v) is 11.0. The minimum Gasteiger partial charge on any atom is -0.389 e. The molecule has 11 heteroatoms. The number of aromatic nitrogens is 2. The van der Waals surface area contributed by atoms with Crippen LogP contribution in [0.3, 0.4) is 0 Å². The number of fused-ring (bicyclic) bond motifs is 7. The summed E-state index contributed by atoms with van der Waals surface area (Å²) in [6, 6.07) is 15.4. The summed E-state index contributed by atoms with van der Waals surface area (Å²) in [5.74, 6) is -1.28. The number of nitrogens with zero attached hydrogens (tertiary/aromatic N) is 3. The summed E-state index contributed by atoms with van der Waals surface area (Å²) in [6.07, 6.45) is 3.93. The van der Waals surface area contributed by atoms with Crippen molar-refractivity contribution in [1.82, 2.24) is 20.0 Å². The summed E-state index contributed by atoms with van der Waals surface area (Å²) in [6.45, 7) is 4.07. The SMILES string of the molecule is CC(C)(O)CNC(=O)c1ccc2c3n(nc2c1)[C@@H]1[C@H](C3)N(CC2CCC2)[C@@]2(C(=O)Nc3cc(Cl)ccc32)[C@H]1c1cccc(Cl)c1F. The van der Waals surface area contributed by atoms with Crippen LogP contribution in [-0.2, 0) is 16.8 Å². The molecule has 8 nitrogen and oxygen atoms in total. The monoisotopic (exact) mass is 661 g/mol. The molecule has 3 aliphatic heterocycles. The van der Waals surface area contributed by atoms with Crippen LogP contribution in [0.25, 0.3) is 10.9 Å². The van der Waals surface area contributed by atoms with Crippen molar-refractivity contribution in [3.63, 3.8) is 0 Å². The molecule has 4 aliphatic rings. The van der Waals surface area contributed by atoms with Crippen molar-refractivity contribution in [3.05, 3.63) is 92.8 Å². The molecule has 1 aromatic heterocycles. The molecule has 0 bridgehead atoms. The van der Waals surface area contributed by atoms with Gasteiger partial charge in [0.1, 0.15) is 11.4 Å². The zero-order valence-electron chi connectivity index (χ0n) is 25.5. The van der Waals surface area contributed by atoms with Crippen LogP contribution in [0.4, 0.5) is 10.1 Å². The van der Waals surface area contributed by atoms with Gasteiger partial charge in [-0.25, -0.2) is 4.39 Å². The van der Waals surface area contributed by atoms with Crippen LogP contribution in [0.2, 0.25) is 10.0 Å². The fourth-order valence-electron chi connectivity index (χ4n) is 8.26. The first-order valence-corrected chi connectivity index (χ1v) is 16.6. The van der Waals surface area contributed by atoms with E-state index < -0.39 is 28.9 Å². The lowest BCUT2D eigenvalue weighted by atomic mass is 9.73. The van der Waals surface area contributed by atoms with Gasteiger partial charge in [-0.3, -0.25) is 19.2 Å². The standard InChI is InChI=1S/C35H34Cl2FN5O3/c1-34(2,46)17-39-32(44)19-9-11-21-25(13-19)41-43-27(21)15-28-31(43)29(22-7-4-8-24(37)30(22)38)35(42(28)16-18-5-3-6-18)23-12-10-20(36)14-26(23)40-33(35)45/h4,7-14,18,28-29,31,46H,3,5-6,15-17H2,1-2H3,(H,39,44)(H,40,45)/t28-,29-,31+,35+/m0/s1. The van der Waals surface area contributed by atoms with E-state index in [1.54, 1.807) is 50.2 Å². The second kappa shape index (κ2) is 10.5. The van der Waals surface area contributed by atoms with E-state index in [1.165, 1.54) is 6.07 Å². The van der Waals surface area contributed by atoms with E-state index in [9.17, 15) is 14.7 Å². The summed E-state index contributed by atoms with van der Waals surface area (Å²) in [7, 11) is 0. The van der Waals surface area contributed by atoms with Gasteiger partial charge in [-0.1, -0.05) is 53.9 Å². The lowest BCUT2D eigenvalue weighted by Gasteiger charge is -2.43. The van der Waals surface area contributed by atoms with Crippen LogP contribution in [0, 0.1) is 11.7 Å². The zero-order valence-corrected chi connectivity index (χ0v) is 27.0. The Kier molecular flexibility index (Phi) is 6.82. The first-order valence-electron chi connectivity index (χ1n) is 15.8. The summed E-state index contributed by atoms with van der Waals surface area (Å²) in [5.41, 5.74) is 1.59. The molecule has 2 fully saturated rings. The first kappa shape index (κ1) is 29.9. The maximum absolute atomic E-state index is 16.3. The Hall–Kier alpha value is -3.50.